The zero-order valence-electron chi connectivity index (χ0n) is 14.9. The molecule has 1 aromatic carbocycles. The lowest BCUT2D eigenvalue weighted by atomic mass is 10.2. The summed E-state index contributed by atoms with van der Waals surface area (Å²) in [5.41, 5.74) is 0.870. The number of sulfone groups is 1. The summed E-state index contributed by atoms with van der Waals surface area (Å²) in [6.07, 6.45) is 7.22. The summed E-state index contributed by atoms with van der Waals surface area (Å²) < 4.78 is 29.4. The first-order valence-electron chi connectivity index (χ1n) is 8.73. The molecule has 0 radical (unpaired) electrons. The van der Waals surface area contributed by atoms with Crippen LogP contribution in [0.1, 0.15) is 41.6 Å². The van der Waals surface area contributed by atoms with E-state index in [1.807, 2.05) is 6.07 Å². The molecule has 1 aromatic heterocycles. The third kappa shape index (κ3) is 4.99. The molecule has 1 fully saturated rings. The van der Waals surface area contributed by atoms with Gasteiger partial charge in [-0.2, -0.15) is 0 Å². The summed E-state index contributed by atoms with van der Waals surface area (Å²) >= 11 is 6.07. The molecule has 0 spiro atoms. The van der Waals surface area contributed by atoms with Gasteiger partial charge in [-0.3, -0.25) is 4.79 Å². The molecule has 8 heteroatoms. The molecule has 0 aliphatic heterocycles. The zero-order valence-corrected chi connectivity index (χ0v) is 16.5. The van der Waals surface area contributed by atoms with Crippen molar-refractivity contribution in [1.82, 2.24) is 10.3 Å². The topological polar surface area (TPSA) is 85.4 Å². The lowest BCUT2D eigenvalue weighted by Crippen LogP contribution is -2.24. The van der Waals surface area contributed by atoms with Crippen LogP contribution in [0.15, 0.2) is 41.4 Å². The van der Waals surface area contributed by atoms with Gasteiger partial charge < -0.3 is 10.1 Å². The van der Waals surface area contributed by atoms with Crippen LogP contribution in [0, 0.1) is 0 Å². The second-order valence-electron chi connectivity index (χ2n) is 6.59. The molecule has 0 saturated heterocycles. The monoisotopic (exact) mass is 408 g/mol. The van der Waals surface area contributed by atoms with Gasteiger partial charge in [0.25, 0.3) is 5.91 Å². The first kappa shape index (κ1) is 19.6. The van der Waals surface area contributed by atoms with Gasteiger partial charge in [-0.05, 0) is 49.9 Å². The zero-order chi connectivity index (χ0) is 19.4. The Morgan fingerprint density at radius 3 is 2.74 bits per heavy atom. The minimum Gasteiger partial charge on any atom is -0.474 e. The number of ether oxygens (including phenoxy) is 1. The van der Waals surface area contributed by atoms with E-state index in [9.17, 15) is 13.2 Å². The fourth-order valence-corrected chi connectivity index (χ4v) is 3.86. The predicted molar refractivity (Wildman–Crippen MR) is 103 cm³/mol. The molecule has 1 aliphatic carbocycles. The number of nitrogens with one attached hydrogen (secondary N) is 1. The van der Waals surface area contributed by atoms with E-state index in [0.29, 0.717) is 5.88 Å². The molecule has 6 nitrogen and oxygen atoms in total. The Kier molecular flexibility index (Phi) is 6.01. The molecular formula is C19H21ClN2O4S. The number of rotatable bonds is 6. The molecule has 3 rings (SSSR count). The number of hydrogen-bond donors (Lipinski definition) is 1. The molecule has 2 aromatic rings. The number of amides is 1. The van der Waals surface area contributed by atoms with E-state index >= 15 is 0 Å². The fraction of sp³-hybridized carbons (Fsp3) is 0.368. The molecule has 1 N–H and O–H groups in total. The van der Waals surface area contributed by atoms with Crippen LogP contribution in [-0.2, 0) is 16.4 Å². The molecular weight excluding hydrogens is 388 g/mol. The third-order valence-corrected chi connectivity index (χ3v) is 5.92. The number of nitrogens with zero attached hydrogens (tertiary/aromatic N) is 1. The van der Waals surface area contributed by atoms with Gasteiger partial charge in [-0.25, -0.2) is 13.4 Å². The average Bonchev–Trinajstić information content (AvgIpc) is 3.13. The van der Waals surface area contributed by atoms with E-state index in [1.54, 1.807) is 12.3 Å². The van der Waals surface area contributed by atoms with Crippen molar-refractivity contribution >= 4 is 27.3 Å². The Labute approximate surface area is 163 Å². The molecule has 0 atom stereocenters. The number of pyridine rings is 1. The summed E-state index contributed by atoms with van der Waals surface area (Å²) in [7, 11) is -3.43. The summed E-state index contributed by atoms with van der Waals surface area (Å²) in [5.74, 6) is 0.0573. The SMILES string of the molecule is CS(=O)(=O)c1ccc(Cl)c(C(=O)NCc2cccnc2OC2CCCC2)c1. The summed E-state index contributed by atoms with van der Waals surface area (Å²) in [6.45, 7) is 0.203. The summed E-state index contributed by atoms with van der Waals surface area (Å²) in [6, 6.07) is 7.69. The minimum atomic E-state index is -3.43. The minimum absolute atomic E-state index is 0.0451. The normalized spacial score (nSPS) is 14.9. The lowest BCUT2D eigenvalue weighted by molar-refractivity contribution is 0.0950. The lowest BCUT2D eigenvalue weighted by Gasteiger charge is -2.15. The first-order valence-corrected chi connectivity index (χ1v) is 11.0. The molecule has 1 heterocycles. The van der Waals surface area contributed by atoms with Crippen molar-refractivity contribution in [3.8, 4) is 5.88 Å². The molecule has 0 bridgehead atoms. The standard InChI is InChI=1S/C19H21ClN2O4S/c1-27(24,25)15-8-9-17(20)16(11-15)18(23)22-12-13-5-4-10-21-19(13)26-14-6-2-3-7-14/h4-5,8-11,14H,2-3,6-7,12H2,1H3,(H,22,23). The highest BCUT2D eigenvalue weighted by atomic mass is 35.5. The number of benzene rings is 1. The van der Waals surface area contributed by atoms with Crippen molar-refractivity contribution in [3.63, 3.8) is 0 Å². The Morgan fingerprint density at radius 2 is 2.04 bits per heavy atom. The van der Waals surface area contributed by atoms with E-state index in [2.05, 4.69) is 10.3 Å². The molecule has 144 valence electrons. The van der Waals surface area contributed by atoms with Crippen LogP contribution in [0.3, 0.4) is 0 Å². The van der Waals surface area contributed by atoms with Gasteiger partial charge in [-0.15, -0.1) is 0 Å². The Hall–Kier alpha value is -2.12. The van der Waals surface area contributed by atoms with Crippen molar-refractivity contribution in [2.24, 2.45) is 0 Å². The van der Waals surface area contributed by atoms with Crippen LogP contribution in [-0.4, -0.2) is 31.7 Å². The number of aromatic nitrogens is 1. The smallest absolute Gasteiger partial charge is 0.253 e. The van der Waals surface area contributed by atoms with Crippen molar-refractivity contribution in [1.29, 1.82) is 0 Å². The van der Waals surface area contributed by atoms with Gasteiger partial charge in [0.1, 0.15) is 6.10 Å². The van der Waals surface area contributed by atoms with E-state index < -0.39 is 15.7 Å². The highest BCUT2D eigenvalue weighted by Gasteiger charge is 2.19. The summed E-state index contributed by atoms with van der Waals surface area (Å²) in [5, 5.41) is 2.95. The first-order chi connectivity index (χ1) is 12.8. The summed E-state index contributed by atoms with van der Waals surface area (Å²) in [4.78, 5) is 16.8. The van der Waals surface area contributed by atoms with Gasteiger partial charge in [0.05, 0.1) is 15.5 Å². The molecule has 1 amide bonds. The maximum Gasteiger partial charge on any atom is 0.253 e. The average molecular weight is 409 g/mol. The maximum atomic E-state index is 12.5. The van der Waals surface area contributed by atoms with Crippen LogP contribution < -0.4 is 10.1 Å². The predicted octanol–water partition coefficient (Wildman–Crippen LogP) is 3.39. The molecule has 0 unspecified atom stereocenters. The number of carbonyl (C=O) groups is 1. The van der Waals surface area contributed by atoms with Crippen LogP contribution in [0.4, 0.5) is 0 Å². The van der Waals surface area contributed by atoms with Crippen LogP contribution in [0.5, 0.6) is 5.88 Å². The Balaban J connectivity index is 1.73. The van der Waals surface area contributed by atoms with E-state index in [1.165, 1.54) is 18.2 Å². The van der Waals surface area contributed by atoms with Crippen LogP contribution in [0.25, 0.3) is 0 Å². The van der Waals surface area contributed by atoms with Gasteiger partial charge in [-0.1, -0.05) is 17.7 Å². The number of hydrogen-bond acceptors (Lipinski definition) is 5. The number of carbonyl (C=O) groups excluding carboxylic acids is 1. The van der Waals surface area contributed by atoms with E-state index in [-0.39, 0.29) is 28.1 Å². The number of halogens is 1. The quantitative estimate of drug-likeness (QED) is 0.791. The second kappa shape index (κ2) is 8.27. The highest BCUT2D eigenvalue weighted by molar-refractivity contribution is 7.90. The molecule has 1 saturated carbocycles. The van der Waals surface area contributed by atoms with Crippen molar-refractivity contribution in [3.05, 3.63) is 52.7 Å². The molecule has 1 aliphatic rings. The Morgan fingerprint density at radius 1 is 1.30 bits per heavy atom. The fourth-order valence-electron chi connectivity index (χ4n) is 3.01. The van der Waals surface area contributed by atoms with E-state index in [4.69, 9.17) is 16.3 Å². The van der Waals surface area contributed by atoms with Crippen molar-refractivity contribution in [2.75, 3.05) is 6.26 Å². The van der Waals surface area contributed by atoms with Gasteiger partial charge in [0.15, 0.2) is 9.84 Å². The molecule has 27 heavy (non-hydrogen) atoms. The Bertz CT molecular complexity index is 940. The second-order valence-corrected chi connectivity index (χ2v) is 9.01. The highest BCUT2D eigenvalue weighted by Crippen LogP contribution is 2.25. The maximum absolute atomic E-state index is 12.5. The van der Waals surface area contributed by atoms with Crippen molar-refractivity contribution < 1.29 is 17.9 Å². The van der Waals surface area contributed by atoms with Gasteiger partial charge in [0.2, 0.25) is 5.88 Å². The third-order valence-electron chi connectivity index (χ3n) is 4.48. The van der Waals surface area contributed by atoms with Crippen LogP contribution >= 0.6 is 11.6 Å². The van der Waals surface area contributed by atoms with Crippen molar-refractivity contribution in [2.45, 2.75) is 43.2 Å². The van der Waals surface area contributed by atoms with Crippen LogP contribution in [0.2, 0.25) is 5.02 Å². The largest absolute Gasteiger partial charge is 0.474 e. The van der Waals surface area contributed by atoms with Gasteiger partial charge in [0, 0.05) is 24.6 Å². The van der Waals surface area contributed by atoms with E-state index in [0.717, 1.165) is 37.5 Å². The van der Waals surface area contributed by atoms with Gasteiger partial charge >= 0.3 is 0 Å².